The summed E-state index contributed by atoms with van der Waals surface area (Å²) in [7, 11) is 0. The number of hydrogen-bond acceptors (Lipinski definition) is 6. The molecule has 0 saturated carbocycles. The summed E-state index contributed by atoms with van der Waals surface area (Å²) in [6, 6.07) is 2.02. The fourth-order valence-corrected chi connectivity index (χ4v) is 3.20. The third-order valence-corrected chi connectivity index (χ3v) is 4.58. The maximum absolute atomic E-state index is 10.9. The van der Waals surface area contributed by atoms with Crippen molar-refractivity contribution in [2.45, 2.75) is 25.3 Å². The highest BCUT2D eigenvalue weighted by atomic mass is 32.2. The van der Waals surface area contributed by atoms with E-state index in [0.717, 1.165) is 49.9 Å². The number of hydrogen-bond donors (Lipinski definition) is 0. The quantitative estimate of drug-likeness (QED) is 0.591. The van der Waals surface area contributed by atoms with E-state index < -0.39 is 0 Å². The molecule has 1 aromatic heterocycles. The van der Waals surface area contributed by atoms with Gasteiger partial charge in [0, 0.05) is 43.4 Å². The molecule has 0 N–H and O–H groups in total. The summed E-state index contributed by atoms with van der Waals surface area (Å²) in [6.45, 7) is 8.48. The van der Waals surface area contributed by atoms with Gasteiger partial charge in [-0.2, -0.15) is 0 Å². The molecule has 6 heteroatoms. The van der Waals surface area contributed by atoms with Gasteiger partial charge in [0.15, 0.2) is 0 Å². The standard InChI is InChI=1S/C15H22N2O3S/c1-12-14(11-20-13(2)18)16-4-3-15(12)21-10-7-17-5-8-19-9-6-17/h3-4H,5-11H2,1-2H3. The second-order valence-electron chi connectivity index (χ2n) is 4.96. The Bertz CT molecular complexity index is 476. The number of ether oxygens (including phenoxy) is 2. The molecule has 1 aromatic rings. The molecule has 21 heavy (non-hydrogen) atoms. The average Bonchev–Trinajstić information content (AvgIpc) is 2.49. The summed E-state index contributed by atoms with van der Waals surface area (Å²) in [5.74, 6) is 0.763. The Balaban J connectivity index is 1.84. The van der Waals surface area contributed by atoms with Gasteiger partial charge in [-0.15, -0.1) is 11.8 Å². The number of carbonyl (C=O) groups excluding carboxylic acids is 1. The lowest BCUT2D eigenvalue weighted by atomic mass is 10.2. The Morgan fingerprint density at radius 2 is 2.24 bits per heavy atom. The van der Waals surface area contributed by atoms with E-state index in [4.69, 9.17) is 9.47 Å². The van der Waals surface area contributed by atoms with Gasteiger partial charge in [-0.25, -0.2) is 0 Å². The summed E-state index contributed by atoms with van der Waals surface area (Å²) >= 11 is 1.83. The van der Waals surface area contributed by atoms with Gasteiger partial charge in [0.25, 0.3) is 0 Å². The van der Waals surface area contributed by atoms with E-state index in [1.54, 1.807) is 6.20 Å². The largest absolute Gasteiger partial charge is 0.459 e. The van der Waals surface area contributed by atoms with Crippen LogP contribution in [0.1, 0.15) is 18.2 Å². The van der Waals surface area contributed by atoms with Gasteiger partial charge < -0.3 is 9.47 Å². The summed E-state index contributed by atoms with van der Waals surface area (Å²) in [5.41, 5.74) is 1.94. The lowest BCUT2D eigenvalue weighted by Crippen LogP contribution is -2.37. The van der Waals surface area contributed by atoms with Crippen molar-refractivity contribution < 1.29 is 14.3 Å². The molecule has 1 saturated heterocycles. The predicted octanol–water partition coefficient (Wildman–Crippen LogP) is 1.88. The van der Waals surface area contributed by atoms with Gasteiger partial charge in [0.2, 0.25) is 0 Å². The van der Waals surface area contributed by atoms with Gasteiger partial charge in [-0.05, 0) is 18.6 Å². The van der Waals surface area contributed by atoms with Crippen molar-refractivity contribution in [3.8, 4) is 0 Å². The van der Waals surface area contributed by atoms with Crippen molar-refractivity contribution in [2.75, 3.05) is 38.6 Å². The molecule has 1 aliphatic heterocycles. The molecule has 0 amide bonds. The van der Waals surface area contributed by atoms with Crippen LogP contribution in [-0.4, -0.2) is 54.5 Å². The van der Waals surface area contributed by atoms with Crippen LogP contribution in [-0.2, 0) is 20.9 Å². The zero-order chi connectivity index (χ0) is 15.1. The van der Waals surface area contributed by atoms with Crippen molar-refractivity contribution in [2.24, 2.45) is 0 Å². The summed E-state index contributed by atoms with van der Waals surface area (Å²) in [6.07, 6.45) is 1.78. The topological polar surface area (TPSA) is 51.7 Å². The SMILES string of the molecule is CC(=O)OCc1nccc(SCCN2CCOCC2)c1C. The molecule has 0 bridgehead atoms. The lowest BCUT2D eigenvalue weighted by Gasteiger charge is -2.26. The summed E-state index contributed by atoms with van der Waals surface area (Å²) in [4.78, 5) is 18.8. The Morgan fingerprint density at radius 1 is 1.48 bits per heavy atom. The molecular weight excluding hydrogens is 288 g/mol. The lowest BCUT2D eigenvalue weighted by molar-refractivity contribution is -0.142. The molecule has 116 valence electrons. The van der Waals surface area contributed by atoms with E-state index in [1.807, 2.05) is 24.8 Å². The number of aromatic nitrogens is 1. The smallest absolute Gasteiger partial charge is 0.303 e. The first-order chi connectivity index (χ1) is 10.2. The van der Waals surface area contributed by atoms with Gasteiger partial charge in [-0.1, -0.05) is 0 Å². The molecule has 5 nitrogen and oxygen atoms in total. The summed E-state index contributed by atoms with van der Waals surface area (Å²) in [5, 5.41) is 0. The molecule has 0 spiro atoms. The van der Waals surface area contributed by atoms with E-state index in [9.17, 15) is 4.79 Å². The van der Waals surface area contributed by atoms with Crippen molar-refractivity contribution >= 4 is 17.7 Å². The highest BCUT2D eigenvalue weighted by molar-refractivity contribution is 7.99. The number of carbonyl (C=O) groups is 1. The number of nitrogens with zero attached hydrogens (tertiary/aromatic N) is 2. The third-order valence-electron chi connectivity index (χ3n) is 3.44. The van der Waals surface area contributed by atoms with Crippen LogP contribution in [0.15, 0.2) is 17.2 Å². The van der Waals surface area contributed by atoms with Crippen molar-refractivity contribution in [3.63, 3.8) is 0 Å². The maximum Gasteiger partial charge on any atom is 0.303 e. The van der Waals surface area contributed by atoms with Gasteiger partial charge >= 0.3 is 5.97 Å². The van der Waals surface area contributed by atoms with E-state index in [-0.39, 0.29) is 12.6 Å². The molecule has 0 aromatic carbocycles. The number of esters is 1. The van der Waals surface area contributed by atoms with Crippen LogP contribution in [0, 0.1) is 6.92 Å². The average molecular weight is 310 g/mol. The number of rotatable bonds is 6. The molecule has 0 atom stereocenters. The minimum absolute atomic E-state index is 0.249. The van der Waals surface area contributed by atoms with Crippen LogP contribution < -0.4 is 0 Å². The van der Waals surface area contributed by atoms with Gasteiger partial charge in [0.05, 0.1) is 18.9 Å². The van der Waals surface area contributed by atoms with Crippen LogP contribution in [0.25, 0.3) is 0 Å². The molecule has 2 heterocycles. The first-order valence-corrected chi connectivity index (χ1v) is 8.16. The van der Waals surface area contributed by atoms with E-state index in [0.29, 0.717) is 0 Å². The second-order valence-corrected chi connectivity index (χ2v) is 6.10. The zero-order valence-corrected chi connectivity index (χ0v) is 13.4. The van der Waals surface area contributed by atoms with Gasteiger partial charge in [-0.3, -0.25) is 14.7 Å². The van der Waals surface area contributed by atoms with Crippen LogP contribution in [0.5, 0.6) is 0 Å². The van der Waals surface area contributed by atoms with E-state index in [2.05, 4.69) is 9.88 Å². The molecule has 1 aliphatic rings. The highest BCUT2D eigenvalue weighted by Crippen LogP contribution is 2.24. The van der Waals surface area contributed by atoms with Crippen molar-refractivity contribution in [1.29, 1.82) is 0 Å². The molecule has 0 unspecified atom stereocenters. The second kappa shape index (κ2) is 8.36. The minimum atomic E-state index is -0.276. The molecular formula is C15H22N2O3S. The van der Waals surface area contributed by atoms with E-state index >= 15 is 0 Å². The maximum atomic E-state index is 10.9. The molecule has 1 fully saturated rings. The van der Waals surface area contributed by atoms with Crippen molar-refractivity contribution in [3.05, 3.63) is 23.5 Å². The molecule has 0 radical (unpaired) electrons. The number of thioether (sulfide) groups is 1. The monoisotopic (exact) mass is 310 g/mol. The predicted molar refractivity (Wildman–Crippen MR) is 82.4 cm³/mol. The molecule has 2 rings (SSSR count). The number of morpholine rings is 1. The van der Waals surface area contributed by atoms with Crippen molar-refractivity contribution in [1.82, 2.24) is 9.88 Å². The Labute approximate surface area is 130 Å². The van der Waals surface area contributed by atoms with Crippen LogP contribution in [0.2, 0.25) is 0 Å². The highest BCUT2D eigenvalue weighted by Gasteiger charge is 2.11. The first kappa shape index (κ1) is 16.3. The third kappa shape index (κ3) is 5.30. The van der Waals surface area contributed by atoms with Crippen LogP contribution in [0.4, 0.5) is 0 Å². The van der Waals surface area contributed by atoms with Gasteiger partial charge in [0.1, 0.15) is 6.61 Å². The Morgan fingerprint density at radius 3 is 2.95 bits per heavy atom. The fraction of sp³-hybridized carbons (Fsp3) is 0.600. The molecule has 0 aliphatic carbocycles. The first-order valence-electron chi connectivity index (χ1n) is 7.17. The zero-order valence-electron chi connectivity index (χ0n) is 12.6. The van der Waals surface area contributed by atoms with E-state index in [1.165, 1.54) is 11.8 Å². The normalized spacial score (nSPS) is 15.9. The minimum Gasteiger partial charge on any atom is -0.459 e. The Hall–Kier alpha value is -1.11. The fourth-order valence-electron chi connectivity index (χ4n) is 2.14. The summed E-state index contributed by atoms with van der Waals surface area (Å²) < 4.78 is 10.4. The van der Waals surface area contributed by atoms with Crippen LogP contribution >= 0.6 is 11.8 Å². The van der Waals surface area contributed by atoms with Crippen LogP contribution in [0.3, 0.4) is 0 Å². The number of pyridine rings is 1. The Kier molecular flexibility index (Phi) is 6.48.